The molecule has 0 spiro atoms. The molecular weight excluding hydrogens is 388 g/mol. The fourth-order valence-corrected chi connectivity index (χ4v) is 5.28. The van der Waals surface area contributed by atoms with Gasteiger partial charge in [-0.05, 0) is 66.7 Å². The zero-order valence-corrected chi connectivity index (χ0v) is 20.7. The van der Waals surface area contributed by atoms with Gasteiger partial charge >= 0.3 is 0 Å². The van der Waals surface area contributed by atoms with Crippen LogP contribution in [0.4, 0.5) is 0 Å². The minimum absolute atomic E-state index is 0.351. The summed E-state index contributed by atoms with van der Waals surface area (Å²) in [5.74, 6) is 1.17. The zero-order valence-electron chi connectivity index (χ0n) is 19.9. The summed E-state index contributed by atoms with van der Waals surface area (Å²) < 4.78 is 16.5. The summed E-state index contributed by atoms with van der Waals surface area (Å²) in [5, 5.41) is 3.49. The van der Waals surface area contributed by atoms with Crippen molar-refractivity contribution < 1.29 is 4.21 Å². The highest BCUT2D eigenvalue weighted by Crippen LogP contribution is 2.33. The van der Waals surface area contributed by atoms with Crippen molar-refractivity contribution in [1.29, 1.82) is 0 Å². The van der Waals surface area contributed by atoms with E-state index >= 15 is 0 Å². The van der Waals surface area contributed by atoms with E-state index in [0.29, 0.717) is 24.3 Å². The van der Waals surface area contributed by atoms with Crippen LogP contribution in [-0.4, -0.2) is 23.8 Å². The summed E-state index contributed by atoms with van der Waals surface area (Å²) in [6.45, 7) is 15.8. The van der Waals surface area contributed by atoms with Gasteiger partial charge < -0.3 is 5.32 Å². The van der Waals surface area contributed by atoms with Crippen molar-refractivity contribution in [2.75, 3.05) is 19.6 Å². The summed E-state index contributed by atoms with van der Waals surface area (Å²) in [5.41, 5.74) is 5.34. The smallest absolute Gasteiger partial charge is 0.125 e. The fourth-order valence-electron chi connectivity index (χ4n) is 3.83. The van der Waals surface area contributed by atoms with E-state index in [4.69, 9.17) is 0 Å². The van der Waals surface area contributed by atoms with Gasteiger partial charge in [-0.1, -0.05) is 77.5 Å². The van der Waals surface area contributed by atoms with E-state index < -0.39 is 11.0 Å². The number of benzene rings is 1. The normalized spacial score (nSPS) is 15.3. The maximum atomic E-state index is 13.2. The third-order valence-corrected chi connectivity index (χ3v) is 7.05. The maximum Gasteiger partial charge on any atom is 0.125 e. The zero-order chi connectivity index (χ0) is 22.1. The first-order chi connectivity index (χ1) is 14.3. The molecule has 0 saturated heterocycles. The maximum absolute atomic E-state index is 13.2. The highest BCUT2D eigenvalue weighted by molar-refractivity contribution is 7.83. The average molecular weight is 431 g/mol. The van der Waals surface area contributed by atoms with Crippen LogP contribution in [0.15, 0.2) is 40.8 Å². The van der Waals surface area contributed by atoms with E-state index in [9.17, 15) is 4.21 Å². The van der Waals surface area contributed by atoms with Crippen LogP contribution in [-0.2, 0) is 11.0 Å². The highest BCUT2D eigenvalue weighted by Gasteiger charge is 2.21. The van der Waals surface area contributed by atoms with Crippen molar-refractivity contribution in [2.24, 2.45) is 0 Å². The summed E-state index contributed by atoms with van der Waals surface area (Å²) in [7, 11) is -1.19. The Kier molecular flexibility index (Phi) is 10.5. The van der Waals surface area contributed by atoms with Crippen LogP contribution in [0.1, 0.15) is 102 Å². The van der Waals surface area contributed by atoms with Crippen LogP contribution in [0, 0.1) is 0 Å². The standard InChI is InChI=1S/C26H42N2OS/c1-19(2)23-17-24(20(3)4)26(25(18-23)21(5)6)30(29)28-16-15-27-14-10-13-22-11-8-7-9-12-22/h7-8,12,17-21,27-28H,9-11,13-16H2,1-6H3. The van der Waals surface area contributed by atoms with Crippen LogP contribution in [0.2, 0.25) is 0 Å². The van der Waals surface area contributed by atoms with Crippen molar-refractivity contribution in [2.45, 2.75) is 89.9 Å². The Labute approximate surface area is 187 Å². The first-order valence-electron chi connectivity index (χ1n) is 11.7. The van der Waals surface area contributed by atoms with Crippen molar-refractivity contribution in [1.82, 2.24) is 10.0 Å². The third-order valence-electron chi connectivity index (χ3n) is 5.74. The molecule has 4 heteroatoms. The molecule has 1 unspecified atom stereocenters. The van der Waals surface area contributed by atoms with Crippen LogP contribution in [0.5, 0.6) is 0 Å². The minimum Gasteiger partial charge on any atom is -0.315 e. The van der Waals surface area contributed by atoms with Gasteiger partial charge in [-0.3, -0.25) is 0 Å². The van der Waals surface area contributed by atoms with Gasteiger partial charge in [-0.15, -0.1) is 0 Å². The fraction of sp³-hybridized carbons (Fsp3) is 0.615. The monoisotopic (exact) mass is 430 g/mol. The molecule has 0 aromatic heterocycles. The summed E-state index contributed by atoms with van der Waals surface area (Å²) in [6, 6.07) is 4.53. The van der Waals surface area contributed by atoms with Crippen molar-refractivity contribution in [3.63, 3.8) is 0 Å². The molecule has 0 fully saturated rings. The quantitative estimate of drug-likeness (QED) is 0.301. The summed E-state index contributed by atoms with van der Waals surface area (Å²) in [4.78, 5) is 1.00. The predicted molar refractivity (Wildman–Crippen MR) is 132 cm³/mol. The lowest BCUT2D eigenvalue weighted by Gasteiger charge is -2.22. The van der Waals surface area contributed by atoms with E-state index in [1.54, 1.807) is 5.57 Å². The van der Waals surface area contributed by atoms with Crippen LogP contribution >= 0.6 is 0 Å². The van der Waals surface area contributed by atoms with Crippen LogP contribution < -0.4 is 10.0 Å². The second-order valence-electron chi connectivity index (χ2n) is 9.28. The number of allylic oxidation sites excluding steroid dienone is 4. The summed E-state index contributed by atoms with van der Waals surface area (Å²) >= 11 is 0. The highest BCUT2D eigenvalue weighted by atomic mass is 32.2. The Bertz CT molecular complexity index is 733. The molecule has 1 aromatic rings. The molecule has 168 valence electrons. The first-order valence-corrected chi connectivity index (χ1v) is 12.8. The molecule has 2 rings (SSSR count). The van der Waals surface area contributed by atoms with E-state index in [1.165, 1.54) is 23.1 Å². The molecule has 0 aliphatic heterocycles. The molecule has 1 aliphatic carbocycles. The second-order valence-corrected chi connectivity index (χ2v) is 10.5. The second kappa shape index (κ2) is 12.6. The molecule has 1 aromatic carbocycles. The van der Waals surface area contributed by atoms with Crippen LogP contribution in [0.3, 0.4) is 0 Å². The molecule has 1 atom stereocenters. The minimum atomic E-state index is -1.19. The van der Waals surface area contributed by atoms with Gasteiger partial charge in [0.25, 0.3) is 0 Å². The molecule has 1 aliphatic rings. The molecule has 0 bridgehead atoms. The lowest BCUT2D eigenvalue weighted by molar-refractivity contribution is 0.627. The molecule has 2 N–H and O–H groups in total. The van der Waals surface area contributed by atoms with Crippen LogP contribution in [0.25, 0.3) is 0 Å². The predicted octanol–water partition coefficient (Wildman–Crippen LogP) is 6.32. The Morgan fingerprint density at radius 3 is 2.10 bits per heavy atom. The van der Waals surface area contributed by atoms with E-state index in [0.717, 1.165) is 37.2 Å². The first kappa shape index (κ1) is 25.0. The Morgan fingerprint density at radius 1 is 0.900 bits per heavy atom. The lowest BCUT2D eigenvalue weighted by Crippen LogP contribution is -2.30. The Balaban J connectivity index is 1.90. The number of hydrogen-bond acceptors (Lipinski definition) is 2. The van der Waals surface area contributed by atoms with Crippen molar-refractivity contribution in [3.8, 4) is 0 Å². The van der Waals surface area contributed by atoms with E-state index in [2.05, 4.69) is 81.9 Å². The topological polar surface area (TPSA) is 41.1 Å². The van der Waals surface area contributed by atoms with E-state index in [-0.39, 0.29) is 0 Å². The molecule has 0 heterocycles. The van der Waals surface area contributed by atoms with Gasteiger partial charge in [0.15, 0.2) is 0 Å². The number of hydrogen-bond donors (Lipinski definition) is 2. The third kappa shape index (κ3) is 7.47. The SMILES string of the molecule is CC(C)c1cc(C(C)C)c(S(=O)NCCNCCCC2=CCC=CC2)c(C(C)C)c1. The molecule has 0 radical (unpaired) electrons. The van der Waals surface area contributed by atoms with Gasteiger partial charge in [0.05, 0.1) is 4.90 Å². The van der Waals surface area contributed by atoms with Crippen molar-refractivity contribution >= 4 is 11.0 Å². The van der Waals surface area contributed by atoms with Gasteiger partial charge in [-0.2, -0.15) is 0 Å². The average Bonchev–Trinajstić information content (AvgIpc) is 2.72. The van der Waals surface area contributed by atoms with Gasteiger partial charge in [-0.25, -0.2) is 8.93 Å². The number of nitrogens with one attached hydrogen (secondary N) is 2. The molecule has 30 heavy (non-hydrogen) atoms. The van der Waals surface area contributed by atoms with Gasteiger partial charge in [0.2, 0.25) is 0 Å². The largest absolute Gasteiger partial charge is 0.315 e. The Morgan fingerprint density at radius 2 is 1.57 bits per heavy atom. The van der Waals surface area contributed by atoms with Gasteiger partial charge in [0.1, 0.15) is 11.0 Å². The number of rotatable bonds is 12. The van der Waals surface area contributed by atoms with Crippen molar-refractivity contribution in [3.05, 3.63) is 52.6 Å². The molecule has 3 nitrogen and oxygen atoms in total. The lowest BCUT2D eigenvalue weighted by atomic mass is 9.89. The molecular formula is C26H42N2OS. The van der Waals surface area contributed by atoms with Gasteiger partial charge in [0, 0.05) is 13.1 Å². The Hall–Kier alpha value is -1.23. The summed E-state index contributed by atoms with van der Waals surface area (Å²) in [6.07, 6.45) is 11.4. The molecule has 0 saturated carbocycles. The molecule has 0 amide bonds. The van der Waals surface area contributed by atoms with E-state index in [1.807, 2.05) is 0 Å².